The number of ether oxygens (including phenoxy) is 1. The van der Waals surface area contributed by atoms with Crippen molar-refractivity contribution in [2.45, 2.75) is 31.5 Å². The molecule has 1 aromatic carbocycles. The van der Waals surface area contributed by atoms with Gasteiger partial charge in [-0.15, -0.1) is 0 Å². The Balaban J connectivity index is 1.66. The standard InChI is InChI=1S/C14H18F3NO/c15-14(16,17)10-19-8-7-18-13-6-5-11-3-1-2-4-12(11)9-13/h1-4,13,18H,5-10H2. The van der Waals surface area contributed by atoms with Gasteiger partial charge < -0.3 is 10.1 Å². The predicted octanol–water partition coefficient (Wildman–Crippen LogP) is 2.71. The highest BCUT2D eigenvalue weighted by Gasteiger charge is 2.27. The van der Waals surface area contributed by atoms with E-state index in [1.165, 1.54) is 11.1 Å². The molecule has 0 saturated carbocycles. The summed E-state index contributed by atoms with van der Waals surface area (Å²) in [4.78, 5) is 0. The third-order valence-electron chi connectivity index (χ3n) is 3.29. The first-order chi connectivity index (χ1) is 9.04. The zero-order valence-corrected chi connectivity index (χ0v) is 10.7. The summed E-state index contributed by atoms with van der Waals surface area (Å²) in [6.07, 6.45) is -1.24. The van der Waals surface area contributed by atoms with Gasteiger partial charge in [0.1, 0.15) is 6.61 Å². The number of benzene rings is 1. The number of hydrogen-bond acceptors (Lipinski definition) is 2. The van der Waals surface area contributed by atoms with Crippen molar-refractivity contribution in [2.75, 3.05) is 19.8 Å². The van der Waals surface area contributed by atoms with Crippen LogP contribution in [0.1, 0.15) is 17.5 Å². The highest BCUT2D eigenvalue weighted by molar-refractivity contribution is 5.30. The molecule has 1 aliphatic rings. The Labute approximate surface area is 111 Å². The fourth-order valence-corrected chi connectivity index (χ4v) is 2.40. The van der Waals surface area contributed by atoms with Crippen LogP contribution in [0.25, 0.3) is 0 Å². The topological polar surface area (TPSA) is 21.3 Å². The zero-order valence-electron chi connectivity index (χ0n) is 10.7. The first kappa shape index (κ1) is 14.3. The molecule has 1 aromatic rings. The second-order valence-electron chi connectivity index (χ2n) is 4.83. The van der Waals surface area contributed by atoms with E-state index < -0.39 is 12.8 Å². The van der Waals surface area contributed by atoms with Crippen LogP contribution < -0.4 is 5.32 Å². The quantitative estimate of drug-likeness (QED) is 0.833. The molecule has 0 saturated heterocycles. The lowest BCUT2D eigenvalue weighted by Crippen LogP contribution is -2.37. The van der Waals surface area contributed by atoms with Gasteiger partial charge in [0.2, 0.25) is 0 Å². The molecule has 2 nitrogen and oxygen atoms in total. The maximum atomic E-state index is 11.9. The van der Waals surface area contributed by atoms with E-state index in [0.29, 0.717) is 12.6 Å². The SMILES string of the molecule is FC(F)(F)COCCNC1CCc2ccccc2C1. The summed E-state index contributed by atoms with van der Waals surface area (Å²) in [5.41, 5.74) is 2.72. The number of rotatable bonds is 5. The molecule has 2 rings (SSSR count). The van der Waals surface area contributed by atoms with Crippen molar-refractivity contribution in [1.29, 1.82) is 0 Å². The van der Waals surface area contributed by atoms with Crippen molar-refractivity contribution in [3.05, 3.63) is 35.4 Å². The van der Waals surface area contributed by atoms with Crippen molar-refractivity contribution >= 4 is 0 Å². The van der Waals surface area contributed by atoms with Crippen LogP contribution in [-0.4, -0.2) is 32.0 Å². The molecule has 1 N–H and O–H groups in total. The van der Waals surface area contributed by atoms with Gasteiger partial charge in [0, 0.05) is 12.6 Å². The predicted molar refractivity (Wildman–Crippen MR) is 67.1 cm³/mol. The summed E-state index contributed by atoms with van der Waals surface area (Å²) in [6.45, 7) is -0.608. The third-order valence-corrected chi connectivity index (χ3v) is 3.29. The molecule has 0 spiro atoms. The maximum Gasteiger partial charge on any atom is 0.411 e. The number of fused-ring (bicyclic) bond motifs is 1. The Bertz CT molecular complexity index is 406. The Morgan fingerprint density at radius 2 is 1.95 bits per heavy atom. The molecule has 0 amide bonds. The third kappa shape index (κ3) is 4.84. The van der Waals surface area contributed by atoms with Crippen LogP contribution in [0, 0.1) is 0 Å². The van der Waals surface area contributed by atoms with Crippen LogP contribution in [0.2, 0.25) is 0 Å². The van der Waals surface area contributed by atoms with E-state index in [-0.39, 0.29) is 6.61 Å². The molecule has 0 bridgehead atoms. The van der Waals surface area contributed by atoms with E-state index in [2.05, 4.69) is 22.2 Å². The minimum Gasteiger partial charge on any atom is -0.371 e. The Kier molecular flexibility index (Phi) is 4.82. The van der Waals surface area contributed by atoms with Crippen molar-refractivity contribution in [3.8, 4) is 0 Å². The fraction of sp³-hybridized carbons (Fsp3) is 0.571. The average Bonchev–Trinajstić information content (AvgIpc) is 2.37. The molecule has 1 aliphatic carbocycles. The summed E-state index contributed by atoms with van der Waals surface area (Å²) in [6, 6.07) is 8.65. The van der Waals surface area contributed by atoms with Crippen LogP contribution in [0.5, 0.6) is 0 Å². The normalized spacial score (nSPS) is 19.2. The largest absolute Gasteiger partial charge is 0.411 e. The van der Waals surface area contributed by atoms with Crippen molar-refractivity contribution in [3.63, 3.8) is 0 Å². The van der Waals surface area contributed by atoms with Gasteiger partial charge in [-0.2, -0.15) is 13.2 Å². The Morgan fingerprint density at radius 1 is 1.21 bits per heavy atom. The van der Waals surface area contributed by atoms with E-state index in [1.807, 2.05) is 12.1 Å². The molecule has 19 heavy (non-hydrogen) atoms. The number of aryl methyl sites for hydroxylation is 1. The first-order valence-corrected chi connectivity index (χ1v) is 6.49. The molecular formula is C14H18F3NO. The van der Waals surface area contributed by atoms with E-state index >= 15 is 0 Å². The van der Waals surface area contributed by atoms with Crippen LogP contribution in [0.3, 0.4) is 0 Å². The lowest BCUT2D eigenvalue weighted by Gasteiger charge is -2.25. The zero-order chi connectivity index (χ0) is 13.7. The fourth-order valence-electron chi connectivity index (χ4n) is 2.40. The second-order valence-corrected chi connectivity index (χ2v) is 4.83. The van der Waals surface area contributed by atoms with E-state index in [0.717, 1.165) is 19.3 Å². The molecule has 0 heterocycles. The smallest absolute Gasteiger partial charge is 0.371 e. The summed E-state index contributed by atoms with van der Waals surface area (Å²) in [5.74, 6) is 0. The number of alkyl halides is 3. The van der Waals surface area contributed by atoms with Crippen LogP contribution >= 0.6 is 0 Å². The van der Waals surface area contributed by atoms with Gasteiger partial charge in [-0.3, -0.25) is 0 Å². The van der Waals surface area contributed by atoms with Crippen LogP contribution in [0.4, 0.5) is 13.2 Å². The minimum atomic E-state index is -4.23. The van der Waals surface area contributed by atoms with E-state index in [1.54, 1.807) is 0 Å². The Hall–Kier alpha value is -1.07. The highest BCUT2D eigenvalue weighted by Crippen LogP contribution is 2.20. The van der Waals surface area contributed by atoms with E-state index in [9.17, 15) is 13.2 Å². The molecular weight excluding hydrogens is 255 g/mol. The lowest BCUT2D eigenvalue weighted by molar-refractivity contribution is -0.173. The highest BCUT2D eigenvalue weighted by atomic mass is 19.4. The molecule has 1 unspecified atom stereocenters. The second kappa shape index (κ2) is 6.39. The summed E-state index contributed by atoms with van der Waals surface area (Å²) in [5, 5.41) is 3.26. The van der Waals surface area contributed by atoms with Crippen molar-refractivity contribution in [2.24, 2.45) is 0 Å². The average molecular weight is 273 g/mol. The van der Waals surface area contributed by atoms with Crippen LogP contribution in [0.15, 0.2) is 24.3 Å². The molecule has 0 aliphatic heterocycles. The molecule has 106 valence electrons. The molecule has 0 fully saturated rings. The number of nitrogens with one attached hydrogen (secondary N) is 1. The van der Waals surface area contributed by atoms with Crippen molar-refractivity contribution < 1.29 is 17.9 Å². The number of hydrogen-bond donors (Lipinski definition) is 1. The first-order valence-electron chi connectivity index (χ1n) is 6.49. The molecule has 1 atom stereocenters. The lowest BCUT2D eigenvalue weighted by atomic mass is 9.88. The summed E-state index contributed by atoms with van der Waals surface area (Å²) in [7, 11) is 0. The van der Waals surface area contributed by atoms with Gasteiger partial charge in [0.25, 0.3) is 0 Å². The van der Waals surface area contributed by atoms with E-state index in [4.69, 9.17) is 0 Å². The van der Waals surface area contributed by atoms with Gasteiger partial charge in [0.05, 0.1) is 6.61 Å². The number of halogens is 3. The van der Waals surface area contributed by atoms with Gasteiger partial charge in [-0.1, -0.05) is 24.3 Å². The van der Waals surface area contributed by atoms with Gasteiger partial charge in [-0.25, -0.2) is 0 Å². The van der Waals surface area contributed by atoms with Gasteiger partial charge >= 0.3 is 6.18 Å². The van der Waals surface area contributed by atoms with Gasteiger partial charge in [0.15, 0.2) is 0 Å². The minimum absolute atomic E-state index is 0.0949. The Morgan fingerprint density at radius 3 is 2.68 bits per heavy atom. The summed E-state index contributed by atoms with van der Waals surface area (Å²) < 4.78 is 40.1. The van der Waals surface area contributed by atoms with Crippen molar-refractivity contribution in [1.82, 2.24) is 5.32 Å². The molecule has 0 radical (unpaired) electrons. The van der Waals surface area contributed by atoms with Crippen LogP contribution in [-0.2, 0) is 17.6 Å². The van der Waals surface area contributed by atoms with Gasteiger partial charge in [-0.05, 0) is 30.4 Å². The maximum absolute atomic E-state index is 11.9. The molecule has 5 heteroatoms. The molecule has 0 aromatic heterocycles. The summed E-state index contributed by atoms with van der Waals surface area (Å²) >= 11 is 0. The monoisotopic (exact) mass is 273 g/mol.